The lowest BCUT2D eigenvalue weighted by molar-refractivity contribution is 0.471. The van der Waals surface area contributed by atoms with Crippen LogP contribution in [0.25, 0.3) is 0 Å². The van der Waals surface area contributed by atoms with Gasteiger partial charge in [-0.15, -0.1) is 0 Å². The van der Waals surface area contributed by atoms with Crippen LogP contribution in [0.5, 0.6) is 17.2 Å². The van der Waals surface area contributed by atoms with Gasteiger partial charge in [0.25, 0.3) is 0 Å². The maximum Gasteiger partial charge on any atom is 0.118 e. The minimum atomic E-state index is -0.358. The first-order chi connectivity index (χ1) is 14.4. The summed E-state index contributed by atoms with van der Waals surface area (Å²) in [5.41, 5.74) is 3.89. The molecule has 0 aromatic heterocycles. The van der Waals surface area contributed by atoms with Gasteiger partial charge in [-0.1, -0.05) is 72.8 Å². The Bertz CT molecular complexity index is 1000. The van der Waals surface area contributed by atoms with Crippen LogP contribution in [0.4, 0.5) is 0 Å². The van der Waals surface area contributed by atoms with Crippen molar-refractivity contribution in [3.8, 4) is 17.2 Å². The molecule has 3 nitrogen and oxygen atoms in total. The Morgan fingerprint density at radius 3 is 1.30 bits per heavy atom. The lowest BCUT2D eigenvalue weighted by atomic mass is 9.71. The summed E-state index contributed by atoms with van der Waals surface area (Å²) in [7, 11) is 0. The highest BCUT2D eigenvalue weighted by Crippen LogP contribution is 2.39. The van der Waals surface area contributed by atoms with Crippen LogP contribution in [0.2, 0.25) is 0 Å². The Balaban J connectivity index is 0.000000269. The van der Waals surface area contributed by atoms with Gasteiger partial charge in [-0.2, -0.15) is 0 Å². The third-order valence-corrected chi connectivity index (χ3v) is 5.36. The Morgan fingerprint density at radius 2 is 0.900 bits per heavy atom. The molecule has 0 amide bonds. The van der Waals surface area contributed by atoms with Crippen molar-refractivity contribution in [1.82, 2.24) is 0 Å². The van der Waals surface area contributed by atoms with E-state index in [1.54, 1.807) is 30.3 Å². The molecule has 3 heteroatoms. The molecule has 0 aliphatic rings. The second-order valence-corrected chi connectivity index (χ2v) is 7.37. The summed E-state index contributed by atoms with van der Waals surface area (Å²) in [6.07, 6.45) is 0. The zero-order chi connectivity index (χ0) is 21.6. The Morgan fingerprint density at radius 1 is 0.500 bits per heavy atom. The summed E-state index contributed by atoms with van der Waals surface area (Å²) in [5.74, 6) is 0.877. The van der Waals surface area contributed by atoms with E-state index in [4.69, 9.17) is 5.11 Å². The molecule has 0 radical (unpaired) electrons. The number of aryl methyl sites for hydroxylation is 1. The molecule has 0 bridgehead atoms. The molecule has 0 aliphatic carbocycles. The lowest BCUT2D eigenvalue weighted by Crippen LogP contribution is -2.25. The molecule has 0 aliphatic heterocycles. The van der Waals surface area contributed by atoms with E-state index >= 15 is 0 Å². The second kappa shape index (κ2) is 9.19. The summed E-state index contributed by atoms with van der Waals surface area (Å²) < 4.78 is 0. The monoisotopic (exact) mass is 398 g/mol. The molecule has 0 spiro atoms. The SMILES string of the molecule is CC(c1ccccc1)(c1ccc(O)cc1)c1ccc(O)cc1.Cc1ccccc1O. The van der Waals surface area contributed by atoms with Gasteiger partial charge in [0.15, 0.2) is 0 Å². The van der Waals surface area contributed by atoms with Crippen molar-refractivity contribution in [2.24, 2.45) is 0 Å². The molecule has 0 saturated carbocycles. The van der Waals surface area contributed by atoms with Crippen LogP contribution in [0, 0.1) is 6.92 Å². The molecule has 4 rings (SSSR count). The highest BCUT2D eigenvalue weighted by molar-refractivity contribution is 5.51. The predicted octanol–water partition coefficient (Wildman–Crippen LogP) is 6.15. The fourth-order valence-corrected chi connectivity index (χ4v) is 3.42. The molecule has 0 saturated heterocycles. The normalized spacial score (nSPS) is 10.7. The van der Waals surface area contributed by atoms with Crippen molar-refractivity contribution in [2.75, 3.05) is 0 Å². The van der Waals surface area contributed by atoms with E-state index in [-0.39, 0.29) is 16.9 Å². The van der Waals surface area contributed by atoms with Crippen LogP contribution < -0.4 is 0 Å². The number of para-hydroxylation sites is 1. The van der Waals surface area contributed by atoms with E-state index in [1.165, 1.54) is 0 Å². The highest BCUT2D eigenvalue weighted by atomic mass is 16.3. The number of hydrogen-bond donors (Lipinski definition) is 3. The van der Waals surface area contributed by atoms with Crippen LogP contribution in [-0.2, 0) is 5.41 Å². The van der Waals surface area contributed by atoms with E-state index in [1.807, 2.05) is 67.6 Å². The predicted molar refractivity (Wildman–Crippen MR) is 121 cm³/mol. The van der Waals surface area contributed by atoms with Gasteiger partial charge in [0, 0.05) is 5.41 Å². The Labute approximate surface area is 177 Å². The van der Waals surface area contributed by atoms with Gasteiger partial charge in [0.2, 0.25) is 0 Å². The highest BCUT2D eigenvalue weighted by Gasteiger charge is 2.30. The summed E-state index contributed by atoms with van der Waals surface area (Å²) >= 11 is 0. The van der Waals surface area contributed by atoms with Crippen LogP contribution >= 0.6 is 0 Å². The number of benzene rings is 4. The average Bonchev–Trinajstić information content (AvgIpc) is 2.77. The van der Waals surface area contributed by atoms with Crippen molar-refractivity contribution >= 4 is 0 Å². The van der Waals surface area contributed by atoms with Gasteiger partial charge in [0.1, 0.15) is 17.2 Å². The zero-order valence-corrected chi connectivity index (χ0v) is 17.2. The molecule has 4 aromatic rings. The number of phenols is 3. The van der Waals surface area contributed by atoms with Gasteiger partial charge in [-0.3, -0.25) is 0 Å². The Hall–Kier alpha value is -3.72. The van der Waals surface area contributed by atoms with Crippen molar-refractivity contribution in [2.45, 2.75) is 19.3 Å². The van der Waals surface area contributed by atoms with Gasteiger partial charge in [0.05, 0.1) is 0 Å². The molecular formula is C27H26O3. The van der Waals surface area contributed by atoms with E-state index in [9.17, 15) is 10.2 Å². The zero-order valence-electron chi connectivity index (χ0n) is 17.2. The molecule has 0 fully saturated rings. The minimum absolute atomic E-state index is 0.255. The fourth-order valence-electron chi connectivity index (χ4n) is 3.42. The minimum Gasteiger partial charge on any atom is -0.508 e. The first kappa shape index (κ1) is 21.0. The van der Waals surface area contributed by atoms with E-state index in [2.05, 4.69) is 19.1 Å². The molecule has 0 unspecified atom stereocenters. The van der Waals surface area contributed by atoms with Gasteiger partial charge < -0.3 is 15.3 Å². The number of aromatic hydroxyl groups is 3. The lowest BCUT2D eigenvalue weighted by Gasteiger charge is -2.32. The number of hydrogen-bond acceptors (Lipinski definition) is 3. The molecule has 4 aromatic carbocycles. The number of rotatable bonds is 3. The van der Waals surface area contributed by atoms with Crippen LogP contribution in [0.1, 0.15) is 29.2 Å². The Kier molecular flexibility index (Phi) is 6.43. The summed E-state index contributed by atoms with van der Waals surface area (Å²) in [5, 5.41) is 28.1. The molecule has 0 atom stereocenters. The van der Waals surface area contributed by atoms with Gasteiger partial charge >= 0.3 is 0 Å². The third-order valence-electron chi connectivity index (χ3n) is 5.36. The average molecular weight is 399 g/mol. The second-order valence-electron chi connectivity index (χ2n) is 7.37. The number of phenolic OH excluding ortho intramolecular Hbond substituents is 3. The maximum atomic E-state index is 9.57. The first-order valence-electron chi connectivity index (χ1n) is 9.80. The summed E-state index contributed by atoms with van der Waals surface area (Å²) in [6, 6.07) is 32.1. The summed E-state index contributed by atoms with van der Waals surface area (Å²) in [6.45, 7) is 4.02. The fraction of sp³-hybridized carbons (Fsp3) is 0.111. The standard InChI is InChI=1S/C20H18O2.C7H8O/c1-20(15-5-3-2-4-6-15,16-7-11-18(21)12-8-16)17-9-13-19(22)14-10-17;1-6-4-2-3-5-7(6)8/h2-14,21-22H,1H3;2-5,8H,1H3. The van der Waals surface area contributed by atoms with Crippen LogP contribution in [0.3, 0.4) is 0 Å². The van der Waals surface area contributed by atoms with Gasteiger partial charge in [-0.05, 0) is 66.4 Å². The van der Waals surface area contributed by atoms with Crippen LogP contribution in [-0.4, -0.2) is 15.3 Å². The molecule has 0 heterocycles. The van der Waals surface area contributed by atoms with Crippen molar-refractivity contribution in [1.29, 1.82) is 0 Å². The molecular weight excluding hydrogens is 372 g/mol. The quantitative estimate of drug-likeness (QED) is 0.363. The smallest absolute Gasteiger partial charge is 0.118 e. The van der Waals surface area contributed by atoms with Crippen LogP contribution in [0.15, 0.2) is 103 Å². The van der Waals surface area contributed by atoms with Crippen molar-refractivity contribution < 1.29 is 15.3 Å². The first-order valence-corrected chi connectivity index (χ1v) is 9.80. The third kappa shape index (κ3) is 4.64. The molecule has 152 valence electrons. The largest absolute Gasteiger partial charge is 0.508 e. The maximum absolute atomic E-state index is 9.57. The van der Waals surface area contributed by atoms with Gasteiger partial charge in [-0.25, -0.2) is 0 Å². The van der Waals surface area contributed by atoms with E-state index in [0.29, 0.717) is 5.75 Å². The van der Waals surface area contributed by atoms with E-state index in [0.717, 1.165) is 22.3 Å². The van der Waals surface area contributed by atoms with Crippen molar-refractivity contribution in [3.63, 3.8) is 0 Å². The topological polar surface area (TPSA) is 60.7 Å². The van der Waals surface area contributed by atoms with Crippen molar-refractivity contribution in [3.05, 3.63) is 125 Å². The van der Waals surface area contributed by atoms with E-state index < -0.39 is 0 Å². The molecule has 3 N–H and O–H groups in total. The summed E-state index contributed by atoms with van der Waals surface area (Å²) in [4.78, 5) is 0. The molecule has 30 heavy (non-hydrogen) atoms.